The third-order valence-electron chi connectivity index (χ3n) is 2.65. The highest BCUT2D eigenvalue weighted by atomic mass is 35.5. The number of H-pyrrole nitrogens is 1. The van der Waals surface area contributed by atoms with Gasteiger partial charge in [-0.2, -0.15) is 0 Å². The fourth-order valence-electron chi connectivity index (χ4n) is 1.85. The number of carboxylic acid groups (broad SMARTS) is 1. The van der Waals surface area contributed by atoms with Crippen molar-refractivity contribution in [3.63, 3.8) is 0 Å². The summed E-state index contributed by atoms with van der Waals surface area (Å²) in [5.41, 5.74) is 0.976. The van der Waals surface area contributed by atoms with Crippen LogP contribution in [-0.4, -0.2) is 21.0 Å². The van der Waals surface area contributed by atoms with E-state index in [4.69, 9.17) is 16.7 Å². The lowest BCUT2D eigenvalue weighted by atomic mass is 10.1. The number of fused-ring (bicyclic) bond motifs is 1. The fraction of sp³-hybridized carbons (Fsp3) is 0.182. The molecule has 1 aromatic carbocycles. The molecule has 94 valence electrons. The number of hydrogen-bond acceptors (Lipinski definition) is 3. The molecule has 0 saturated heterocycles. The Morgan fingerprint density at radius 1 is 1.50 bits per heavy atom. The Morgan fingerprint density at radius 2 is 2.22 bits per heavy atom. The van der Waals surface area contributed by atoms with Crippen molar-refractivity contribution in [3.05, 3.63) is 39.0 Å². The predicted molar refractivity (Wildman–Crippen MR) is 65.9 cm³/mol. The predicted octanol–water partition coefficient (Wildman–Crippen LogP) is 2.75. The van der Waals surface area contributed by atoms with Gasteiger partial charge in [-0.1, -0.05) is 11.6 Å². The number of aromatic amines is 1. The molecule has 2 N–H and O–H groups in total. The van der Waals surface area contributed by atoms with E-state index in [1.54, 1.807) is 6.20 Å². The Labute approximate surface area is 106 Å². The molecule has 0 amide bonds. The first kappa shape index (κ1) is 12.4. The first-order valence-corrected chi connectivity index (χ1v) is 5.53. The van der Waals surface area contributed by atoms with E-state index >= 15 is 0 Å². The third kappa shape index (κ3) is 2.14. The molecule has 2 rings (SSSR count). The Balaban J connectivity index is 2.57. The van der Waals surface area contributed by atoms with Crippen molar-refractivity contribution >= 4 is 34.2 Å². The molecule has 2 aromatic rings. The van der Waals surface area contributed by atoms with E-state index in [0.717, 1.165) is 0 Å². The van der Waals surface area contributed by atoms with Gasteiger partial charge in [0.1, 0.15) is 0 Å². The minimum Gasteiger partial charge on any atom is -0.481 e. The van der Waals surface area contributed by atoms with Crippen LogP contribution in [0.2, 0.25) is 5.02 Å². The summed E-state index contributed by atoms with van der Waals surface area (Å²) in [5, 5.41) is 20.3. The zero-order valence-electron chi connectivity index (χ0n) is 9.14. The number of carboxylic acids is 1. The lowest BCUT2D eigenvalue weighted by Crippen LogP contribution is -1.97. The minimum atomic E-state index is -0.950. The van der Waals surface area contributed by atoms with Crippen LogP contribution in [0.3, 0.4) is 0 Å². The maximum Gasteiger partial charge on any atom is 0.303 e. The van der Waals surface area contributed by atoms with Gasteiger partial charge < -0.3 is 10.1 Å². The van der Waals surface area contributed by atoms with Crippen LogP contribution in [0.5, 0.6) is 0 Å². The number of aryl methyl sites for hydroxylation is 1. The van der Waals surface area contributed by atoms with Crippen molar-refractivity contribution in [1.82, 2.24) is 4.98 Å². The molecular weight excluding hydrogens is 260 g/mol. The van der Waals surface area contributed by atoms with Crippen molar-refractivity contribution in [1.29, 1.82) is 0 Å². The molecule has 1 heterocycles. The summed E-state index contributed by atoms with van der Waals surface area (Å²) in [6.45, 7) is 0. The number of non-ortho nitro benzene ring substituents is 1. The van der Waals surface area contributed by atoms with Gasteiger partial charge in [0.2, 0.25) is 0 Å². The molecule has 6 nitrogen and oxygen atoms in total. The van der Waals surface area contributed by atoms with Crippen molar-refractivity contribution in [2.45, 2.75) is 12.8 Å². The van der Waals surface area contributed by atoms with Crippen molar-refractivity contribution in [2.24, 2.45) is 0 Å². The highest BCUT2D eigenvalue weighted by molar-refractivity contribution is 6.35. The second-order valence-electron chi connectivity index (χ2n) is 3.78. The smallest absolute Gasteiger partial charge is 0.303 e. The Morgan fingerprint density at radius 3 is 2.83 bits per heavy atom. The normalized spacial score (nSPS) is 10.7. The summed E-state index contributed by atoms with van der Waals surface area (Å²) < 4.78 is 0. The standard InChI is InChI=1S/C11H9ClN2O4/c12-7-2-3-8(14(17)18)10-6(1-4-9(15)16)5-13-11(7)10/h2-3,5,13H,1,4H2,(H,15,16). The minimum absolute atomic E-state index is 0.0731. The largest absolute Gasteiger partial charge is 0.481 e. The van der Waals surface area contributed by atoms with Crippen LogP contribution >= 0.6 is 11.6 Å². The number of rotatable bonds is 4. The molecule has 0 aliphatic rings. The first-order chi connectivity index (χ1) is 8.50. The first-order valence-electron chi connectivity index (χ1n) is 5.15. The van der Waals surface area contributed by atoms with E-state index in [1.165, 1.54) is 12.1 Å². The number of aliphatic carboxylic acids is 1. The molecule has 1 aromatic heterocycles. The van der Waals surface area contributed by atoms with Crippen molar-refractivity contribution in [3.8, 4) is 0 Å². The van der Waals surface area contributed by atoms with Crippen LogP contribution in [0.1, 0.15) is 12.0 Å². The Kier molecular flexibility index (Phi) is 3.20. The zero-order valence-corrected chi connectivity index (χ0v) is 9.90. The number of nitro benzene ring substituents is 1. The number of nitro groups is 1. The molecule has 0 aliphatic carbocycles. The number of aromatic nitrogens is 1. The zero-order chi connectivity index (χ0) is 13.3. The quantitative estimate of drug-likeness (QED) is 0.658. The van der Waals surface area contributed by atoms with Crippen LogP contribution in [0.15, 0.2) is 18.3 Å². The molecule has 0 atom stereocenters. The highest BCUT2D eigenvalue weighted by Crippen LogP contribution is 2.33. The molecule has 18 heavy (non-hydrogen) atoms. The maximum atomic E-state index is 10.9. The van der Waals surface area contributed by atoms with Gasteiger partial charge in [-0.3, -0.25) is 14.9 Å². The van der Waals surface area contributed by atoms with Gasteiger partial charge in [0.05, 0.1) is 20.8 Å². The Bertz CT molecular complexity index is 635. The lowest BCUT2D eigenvalue weighted by molar-refractivity contribution is -0.383. The molecule has 0 spiro atoms. The lowest BCUT2D eigenvalue weighted by Gasteiger charge is -1.99. The second-order valence-corrected chi connectivity index (χ2v) is 4.19. The van der Waals surface area contributed by atoms with Gasteiger partial charge in [0.25, 0.3) is 5.69 Å². The van der Waals surface area contributed by atoms with Crippen LogP contribution in [0.4, 0.5) is 5.69 Å². The number of nitrogens with one attached hydrogen (secondary N) is 1. The summed E-state index contributed by atoms with van der Waals surface area (Å²) >= 11 is 5.94. The fourth-order valence-corrected chi connectivity index (χ4v) is 2.07. The van der Waals surface area contributed by atoms with Crippen LogP contribution in [0, 0.1) is 10.1 Å². The molecule has 0 aliphatic heterocycles. The Hall–Kier alpha value is -2.08. The molecule has 0 unspecified atom stereocenters. The van der Waals surface area contributed by atoms with E-state index in [9.17, 15) is 14.9 Å². The van der Waals surface area contributed by atoms with E-state index in [-0.39, 0.29) is 18.5 Å². The van der Waals surface area contributed by atoms with Gasteiger partial charge >= 0.3 is 5.97 Å². The summed E-state index contributed by atoms with van der Waals surface area (Å²) in [6.07, 6.45) is 1.69. The van der Waals surface area contributed by atoms with E-state index in [1.807, 2.05) is 0 Å². The summed E-state index contributed by atoms with van der Waals surface area (Å²) in [4.78, 5) is 23.8. The molecule has 0 fully saturated rings. The number of nitrogens with zero attached hydrogens (tertiary/aromatic N) is 1. The van der Waals surface area contributed by atoms with Gasteiger partial charge in [-0.15, -0.1) is 0 Å². The number of halogens is 1. The van der Waals surface area contributed by atoms with Gasteiger partial charge in [0.15, 0.2) is 0 Å². The maximum absolute atomic E-state index is 10.9. The van der Waals surface area contributed by atoms with Gasteiger partial charge in [-0.25, -0.2) is 0 Å². The number of benzene rings is 1. The third-order valence-corrected chi connectivity index (χ3v) is 2.96. The van der Waals surface area contributed by atoms with Crippen LogP contribution in [0.25, 0.3) is 10.9 Å². The number of carbonyl (C=O) groups is 1. The molecular formula is C11H9ClN2O4. The van der Waals surface area contributed by atoms with Gasteiger partial charge in [0, 0.05) is 18.7 Å². The van der Waals surface area contributed by atoms with E-state index < -0.39 is 10.9 Å². The van der Waals surface area contributed by atoms with Gasteiger partial charge in [-0.05, 0) is 18.1 Å². The van der Waals surface area contributed by atoms with E-state index in [2.05, 4.69) is 4.98 Å². The second kappa shape index (κ2) is 4.66. The summed E-state index contributed by atoms with van der Waals surface area (Å²) in [7, 11) is 0. The van der Waals surface area contributed by atoms with Crippen LogP contribution in [-0.2, 0) is 11.2 Å². The monoisotopic (exact) mass is 268 g/mol. The molecule has 0 radical (unpaired) electrons. The average molecular weight is 269 g/mol. The topological polar surface area (TPSA) is 96.2 Å². The van der Waals surface area contributed by atoms with Crippen molar-refractivity contribution < 1.29 is 14.8 Å². The summed E-state index contributed by atoms with van der Waals surface area (Å²) in [5.74, 6) is -0.950. The molecule has 7 heteroatoms. The van der Waals surface area contributed by atoms with Crippen LogP contribution < -0.4 is 0 Å². The average Bonchev–Trinajstić information content (AvgIpc) is 2.71. The molecule has 0 bridgehead atoms. The summed E-state index contributed by atoms with van der Waals surface area (Å²) in [6, 6.07) is 2.77. The number of hydrogen-bond donors (Lipinski definition) is 2. The molecule has 0 saturated carbocycles. The van der Waals surface area contributed by atoms with E-state index in [0.29, 0.717) is 21.5 Å². The van der Waals surface area contributed by atoms with Crippen molar-refractivity contribution in [2.75, 3.05) is 0 Å². The highest BCUT2D eigenvalue weighted by Gasteiger charge is 2.19. The SMILES string of the molecule is O=C(O)CCc1c[nH]c2c(Cl)ccc([N+](=O)[O-])c12.